The van der Waals surface area contributed by atoms with Crippen molar-refractivity contribution in [2.75, 3.05) is 0 Å². The molecule has 1 radical (unpaired) electrons. The van der Waals surface area contributed by atoms with Crippen LogP contribution in [0.4, 0.5) is 0 Å². The predicted octanol–water partition coefficient (Wildman–Crippen LogP) is 10.4. The fourth-order valence-corrected chi connectivity index (χ4v) is 6.04. The molecule has 0 amide bonds. The van der Waals surface area contributed by atoms with Gasteiger partial charge in [0.2, 0.25) is 0 Å². The van der Waals surface area contributed by atoms with E-state index < -0.39 is 0 Å². The fraction of sp³-hybridized carbons (Fsp3) is 0.105. The normalized spacial score (nSPS) is 10.9. The Hall–Kier alpha value is -4.15. The van der Waals surface area contributed by atoms with Crippen LogP contribution in [0.2, 0.25) is 0 Å². The maximum atomic E-state index is 10.0. The maximum Gasteiger partial charge on any atom is 0.155 e. The average molecular weight is 759 g/mol. The molecule has 0 spiro atoms. The van der Waals surface area contributed by atoms with Crippen molar-refractivity contribution >= 4 is 27.3 Å². The van der Waals surface area contributed by atoms with Gasteiger partial charge in [-0.3, -0.25) is 9.78 Å². The first-order valence-electron chi connectivity index (χ1n) is 13.8. The van der Waals surface area contributed by atoms with Crippen LogP contribution >= 0.6 is 11.3 Å². The topological polar surface area (TPSA) is 50.2 Å². The van der Waals surface area contributed by atoms with E-state index in [1.165, 1.54) is 69.1 Å². The van der Waals surface area contributed by atoms with E-state index in [0.717, 1.165) is 16.1 Å². The summed E-state index contributed by atoms with van der Waals surface area (Å²) in [5.41, 5.74) is 10.8. The molecule has 0 unspecified atom stereocenters. The summed E-state index contributed by atoms with van der Waals surface area (Å²) < 4.78 is 0. The second kappa shape index (κ2) is 14.3. The van der Waals surface area contributed by atoms with Gasteiger partial charge in [0.05, 0.1) is 5.76 Å². The molecule has 0 bridgehead atoms. The molecule has 4 aromatic carbocycles. The molecule has 1 N–H and O–H groups in total. The summed E-state index contributed by atoms with van der Waals surface area (Å²) in [4.78, 5) is 17.3. The van der Waals surface area contributed by atoms with Gasteiger partial charge in [0.15, 0.2) is 5.78 Å². The molecule has 6 aromatic rings. The van der Waals surface area contributed by atoms with Crippen molar-refractivity contribution in [3.8, 4) is 44.0 Å². The molecular weight excluding hydrogens is 727 g/mol. The monoisotopic (exact) mass is 759 g/mol. The first-order valence-corrected chi connectivity index (χ1v) is 14.6. The van der Waals surface area contributed by atoms with E-state index in [0.29, 0.717) is 0 Å². The van der Waals surface area contributed by atoms with Gasteiger partial charge in [-0.05, 0) is 72.8 Å². The number of hydrogen-bond acceptors (Lipinski definition) is 4. The zero-order valence-corrected chi connectivity index (χ0v) is 27.7. The van der Waals surface area contributed by atoms with Gasteiger partial charge in [-0.1, -0.05) is 84.9 Å². The van der Waals surface area contributed by atoms with Crippen LogP contribution in [0, 0.1) is 19.9 Å². The summed E-state index contributed by atoms with van der Waals surface area (Å²) in [6, 6.07) is 42.0. The second-order valence-electron chi connectivity index (χ2n) is 10.3. The van der Waals surface area contributed by atoms with E-state index in [4.69, 9.17) is 10.1 Å². The van der Waals surface area contributed by atoms with Gasteiger partial charge in [-0.25, -0.2) is 0 Å². The van der Waals surface area contributed by atoms with Crippen molar-refractivity contribution in [3.63, 3.8) is 0 Å². The number of rotatable bonds is 5. The van der Waals surface area contributed by atoms with Crippen LogP contribution in [0.3, 0.4) is 0 Å². The molecule has 0 fully saturated rings. The second-order valence-corrected chi connectivity index (χ2v) is 11.3. The number of pyridine rings is 1. The summed E-state index contributed by atoms with van der Waals surface area (Å²) in [6.07, 6.45) is 1.17. The summed E-state index contributed by atoms with van der Waals surface area (Å²) in [5, 5.41) is 9.54. The Morgan fingerprint density at radius 1 is 0.767 bits per heavy atom. The van der Waals surface area contributed by atoms with E-state index in [-0.39, 0.29) is 31.6 Å². The molecule has 0 aliphatic rings. The average Bonchev–Trinajstić information content (AvgIpc) is 3.41. The molecule has 0 saturated heterocycles. The van der Waals surface area contributed by atoms with Crippen LogP contribution in [0.5, 0.6) is 0 Å². The molecule has 0 saturated carbocycles. The molecule has 5 heteroatoms. The molecule has 217 valence electrons. The summed E-state index contributed by atoms with van der Waals surface area (Å²) in [5.74, 6) is -0.0625. The number of benzene rings is 4. The van der Waals surface area contributed by atoms with Gasteiger partial charge in [0.1, 0.15) is 4.83 Å². The summed E-state index contributed by atoms with van der Waals surface area (Å²) in [6.45, 7) is 7.21. The number of aliphatic hydroxyl groups is 1. The Bertz CT molecular complexity index is 1870. The minimum absolute atomic E-state index is 0. The minimum Gasteiger partial charge on any atom is -0.512 e. The van der Waals surface area contributed by atoms with Crippen molar-refractivity contribution in [1.82, 2.24) is 4.98 Å². The van der Waals surface area contributed by atoms with Crippen LogP contribution in [-0.2, 0) is 24.9 Å². The number of aromatic nitrogens is 1. The van der Waals surface area contributed by atoms with Crippen LogP contribution in [0.1, 0.15) is 25.0 Å². The summed E-state index contributed by atoms with van der Waals surface area (Å²) in [7, 11) is 0. The zero-order chi connectivity index (χ0) is 29.6. The smallest absolute Gasteiger partial charge is 0.155 e. The number of aryl methyl sites for hydroxylation is 2. The SMILES string of the molecule is CC(=O)/C=C(/C)O.Cc1cccc(C)c1-c1ccc(-c2cc3ccc(-c4[c-]ccc(-c5ccccc5)c4)nc3s2)cc1.[Ir]. The number of aliphatic hydroxyl groups excluding tert-OH is 1. The van der Waals surface area contributed by atoms with Gasteiger partial charge >= 0.3 is 0 Å². The van der Waals surface area contributed by atoms with Crippen LogP contribution in [0.15, 0.2) is 121 Å². The Labute approximate surface area is 271 Å². The van der Waals surface area contributed by atoms with Crippen molar-refractivity contribution in [2.24, 2.45) is 0 Å². The molecule has 0 aliphatic heterocycles. The Morgan fingerprint density at radius 3 is 2.07 bits per heavy atom. The van der Waals surface area contributed by atoms with Gasteiger partial charge in [-0.15, -0.1) is 46.7 Å². The number of allylic oxidation sites excluding steroid dienone is 2. The van der Waals surface area contributed by atoms with Crippen LogP contribution in [0.25, 0.3) is 54.2 Å². The molecule has 2 aromatic heterocycles. The third-order valence-corrected chi connectivity index (χ3v) is 8.01. The Morgan fingerprint density at radius 2 is 1.44 bits per heavy atom. The third-order valence-electron chi connectivity index (χ3n) is 6.92. The van der Waals surface area contributed by atoms with Gasteiger partial charge in [0, 0.05) is 36.4 Å². The summed E-state index contributed by atoms with van der Waals surface area (Å²) >= 11 is 1.74. The Balaban J connectivity index is 0.000000475. The van der Waals surface area contributed by atoms with Crippen molar-refractivity contribution in [2.45, 2.75) is 27.7 Å². The molecular formula is C38H32IrNO2S-. The minimum atomic E-state index is -0.125. The van der Waals surface area contributed by atoms with E-state index in [2.05, 4.69) is 117 Å². The van der Waals surface area contributed by atoms with Crippen LogP contribution < -0.4 is 0 Å². The van der Waals surface area contributed by atoms with E-state index in [1.807, 2.05) is 12.1 Å². The first-order chi connectivity index (χ1) is 20.3. The number of nitrogens with zero attached hydrogens (tertiary/aromatic N) is 1. The van der Waals surface area contributed by atoms with Gasteiger partial charge in [-0.2, -0.15) is 0 Å². The van der Waals surface area contributed by atoms with Gasteiger partial charge < -0.3 is 5.11 Å². The fourth-order valence-electron chi connectivity index (χ4n) is 5.00. The molecule has 3 nitrogen and oxygen atoms in total. The first kappa shape index (κ1) is 31.8. The number of carbonyl (C=O) groups is 1. The van der Waals surface area contributed by atoms with Crippen molar-refractivity contribution in [1.29, 1.82) is 0 Å². The number of thiophene rings is 1. The zero-order valence-electron chi connectivity index (χ0n) is 24.5. The van der Waals surface area contributed by atoms with E-state index in [9.17, 15) is 4.79 Å². The number of fused-ring (bicyclic) bond motifs is 1. The molecule has 43 heavy (non-hydrogen) atoms. The number of ketones is 1. The van der Waals surface area contributed by atoms with E-state index in [1.54, 1.807) is 11.3 Å². The van der Waals surface area contributed by atoms with Crippen molar-refractivity contribution in [3.05, 3.63) is 138 Å². The number of hydrogen-bond donors (Lipinski definition) is 1. The standard InChI is InChI=1S/C33H24NS.C5H8O2.Ir/c1-22-8-6-9-23(2)32(22)26-16-14-25(15-17-26)31-21-29-18-19-30(34-33(29)35-31)28-13-7-12-27(20-28)24-10-4-3-5-11-24;1-4(6)3-5(2)7;/h3-12,14-21H,1-2H3;3,6H,1-2H3;/q-1;;/b;4-3-;. The third kappa shape index (κ3) is 7.82. The maximum absolute atomic E-state index is 10.0. The van der Waals surface area contributed by atoms with Crippen LogP contribution in [-0.4, -0.2) is 15.9 Å². The molecule has 0 aliphatic carbocycles. The molecule has 0 atom stereocenters. The van der Waals surface area contributed by atoms with Crippen molar-refractivity contribution < 1.29 is 30.0 Å². The number of carbonyl (C=O) groups excluding carboxylic acids is 1. The molecule has 2 heterocycles. The Kier molecular flexibility index (Phi) is 10.6. The predicted molar refractivity (Wildman–Crippen MR) is 177 cm³/mol. The quantitative estimate of drug-likeness (QED) is 0.108. The largest absolute Gasteiger partial charge is 0.512 e. The van der Waals surface area contributed by atoms with E-state index >= 15 is 0 Å². The molecule has 6 rings (SSSR count). The van der Waals surface area contributed by atoms with Gasteiger partial charge in [0.25, 0.3) is 0 Å².